The van der Waals surface area contributed by atoms with Crippen molar-refractivity contribution >= 4 is 45.5 Å². The summed E-state index contributed by atoms with van der Waals surface area (Å²) in [7, 11) is 1.38. The molecule has 2 N–H and O–H groups in total. The zero-order valence-corrected chi connectivity index (χ0v) is 16.8. The van der Waals surface area contributed by atoms with Gasteiger partial charge in [0, 0.05) is 16.1 Å². The molecule has 0 saturated heterocycles. The van der Waals surface area contributed by atoms with Gasteiger partial charge in [-0.25, -0.2) is 9.78 Å². The Hall–Kier alpha value is -2.77. The number of nitrogens with zero attached hydrogens (tertiary/aromatic N) is 1. The van der Waals surface area contributed by atoms with Gasteiger partial charge in [-0.2, -0.15) is 0 Å². The van der Waals surface area contributed by atoms with Gasteiger partial charge in [0.1, 0.15) is 16.4 Å². The van der Waals surface area contributed by atoms with Gasteiger partial charge in [0.05, 0.1) is 7.11 Å². The average Bonchev–Trinajstić information content (AvgIpc) is 2.97. The number of aromatic nitrogens is 1. The monoisotopic (exact) mass is 397 g/mol. The Kier molecular flexibility index (Phi) is 5.83. The Balaban J connectivity index is 1.93. The third-order valence-electron chi connectivity index (χ3n) is 3.89. The first kappa shape index (κ1) is 19.0. The van der Waals surface area contributed by atoms with E-state index in [1.165, 1.54) is 18.4 Å². The number of anilines is 2. The summed E-state index contributed by atoms with van der Waals surface area (Å²) in [5.41, 5.74) is 3.18. The molecule has 0 radical (unpaired) electrons. The summed E-state index contributed by atoms with van der Waals surface area (Å²) in [4.78, 5) is 17.9. The predicted octanol–water partition coefficient (Wildman–Crippen LogP) is 5.02. The number of hydrogen-bond donors (Lipinski definition) is 2. The molecule has 2 heterocycles. The summed E-state index contributed by atoms with van der Waals surface area (Å²) in [5.74, 6) is 0.237. The lowest BCUT2D eigenvalue weighted by Crippen LogP contribution is -2.20. The van der Waals surface area contributed by atoms with Crippen molar-refractivity contribution in [1.29, 1.82) is 0 Å². The molecule has 0 unspecified atom stereocenters. The Labute approximate surface area is 167 Å². The molecule has 0 atom stereocenters. The average molecular weight is 398 g/mol. The van der Waals surface area contributed by atoms with Gasteiger partial charge in [-0.15, -0.1) is 11.3 Å². The zero-order chi connectivity index (χ0) is 19.4. The number of benzene rings is 1. The summed E-state index contributed by atoms with van der Waals surface area (Å²) in [6.07, 6.45) is 0. The Bertz CT molecular complexity index is 984. The number of aryl methyl sites for hydroxylation is 2. The summed E-state index contributed by atoms with van der Waals surface area (Å²) in [6, 6.07) is 15.4. The first-order chi connectivity index (χ1) is 13.0. The summed E-state index contributed by atoms with van der Waals surface area (Å²) in [5, 5.41) is 7.17. The van der Waals surface area contributed by atoms with Crippen molar-refractivity contribution in [3.63, 3.8) is 0 Å². The molecule has 0 aliphatic carbocycles. The van der Waals surface area contributed by atoms with Crippen LogP contribution in [0.2, 0.25) is 0 Å². The SMILES string of the molecule is COC(=O)c1c(NC(=S)Nc2cccc(C)n2)sc(C)c1-c1ccccc1. The van der Waals surface area contributed by atoms with Crippen molar-refractivity contribution in [1.82, 2.24) is 4.98 Å². The maximum absolute atomic E-state index is 12.5. The minimum absolute atomic E-state index is 0.360. The van der Waals surface area contributed by atoms with E-state index in [2.05, 4.69) is 15.6 Å². The highest BCUT2D eigenvalue weighted by Gasteiger charge is 2.24. The fourth-order valence-corrected chi connectivity index (χ4v) is 4.09. The molecule has 3 aromatic rings. The number of rotatable bonds is 4. The van der Waals surface area contributed by atoms with Gasteiger partial charge in [-0.05, 0) is 43.8 Å². The quantitative estimate of drug-likeness (QED) is 0.476. The number of nitrogens with one attached hydrogen (secondary N) is 2. The molecular weight excluding hydrogens is 378 g/mol. The molecule has 0 amide bonds. The van der Waals surface area contributed by atoms with Crippen molar-refractivity contribution in [2.24, 2.45) is 0 Å². The Morgan fingerprint density at radius 1 is 1.07 bits per heavy atom. The molecule has 0 aliphatic heterocycles. The third-order valence-corrected chi connectivity index (χ3v) is 5.12. The van der Waals surface area contributed by atoms with Gasteiger partial charge in [0.15, 0.2) is 5.11 Å². The molecule has 3 rings (SSSR count). The van der Waals surface area contributed by atoms with Gasteiger partial charge in [0.2, 0.25) is 0 Å². The van der Waals surface area contributed by atoms with E-state index in [1.807, 2.05) is 62.4 Å². The highest BCUT2D eigenvalue weighted by atomic mass is 32.1. The standard InChI is InChI=1S/C20H19N3O2S2/c1-12-8-7-11-15(21-12)22-20(26)23-18-17(19(24)25-3)16(13(2)27-18)14-9-5-4-6-10-14/h4-11H,1-3H3,(H2,21,22,23,26). The number of esters is 1. The maximum atomic E-state index is 12.5. The largest absolute Gasteiger partial charge is 0.465 e. The van der Waals surface area contributed by atoms with Crippen molar-refractivity contribution in [3.05, 3.63) is 64.7 Å². The number of carbonyl (C=O) groups excluding carboxylic acids is 1. The second-order valence-electron chi connectivity index (χ2n) is 5.84. The smallest absolute Gasteiger partial charge is 0.341 e. The lowest BCUT2D eigenvalue weighted by molar-refractivity contribution is 0.0603. The van der Waals surface area contributed by atoms with Gasteiger partial charge in [0.25, 0.3) is 0 Å². The zero-order valence-electron chi connectivity index (χ0n) is 15.2. The molecule has 0 saturated carbocycles. The number of ether oxygens (including phenoxy) is 1. The van der Waals surface area contributed by atoms with Crippen LogP contribution in [0.15, 0.2) is 48.5 Å². The Morgan fingerprint density at radius 3 is 2.48 bits per heavy atom. The van der Waals surface area contributed by atoms with E-state index in [4.69, 9.17) is 17.0 Å². The lowest BCUT2D eigenvalue weighted by atomic mass is 10.0. The van der Waals surface area contributed by atoms with Gasteiger partial charge in [-0.3, -0.25) is 0 Å². The number of carbonyl (C=O) groups is 1. The van der Waals surface area contributed by atoms with E-state index in [0.717, 1.165) is 21.7 Å². The highest BCUT2D eigenvalue weighted by molar-refractivity contribution is 7.80. The number of hydrogen-bond acceptors (Lipinski definition) is 5. The molecule has 0 spiro atoms. The van der Waals surface area contributed by atoms with Crippen LogP contribution in [0.4, 0.5) is 10.8 Å². The Morgan fingerprint density at radius 2 is 1.81 bits per heavy atom. The van der Waals surface area contributed by atoms with Crippen molar-refractivity contribution in [2.45, 2.75) is 13.8 Å². The molecule has 0 fully saturated rings. The van der Waals surface area contributed by atoms with E-state index >= 15 is 0 Å². The second-order valence-corrected chi connectivity index (χ2v) is 7.47. The lowest BCUT2D eigenvalue weighted by Gasteiger charge is -2.11. The van der Waals surface area contributed by atoms with Gasteiger partial charge >= 0.3 is 5.97 Å². The van der Waals surface area contributed by atoms with E-state index < -0.39 is 5.97 Å². The number of pyridine rings is 1. The minimum atomic E-state index is -0.405. The number of thiocarbonyl (C=S) groups is 1. The molecule has 5 nitrogen and oxygen atoms in total. The van der Waals surface area contributed by atoms with Gasteiger partial charge in [-0.1, -0.05) is 36.4 Å². The number of methoxy groups -OCH3 is 1. The van der Waals surface area contributed by atoms with Crippen LogP contribution in [0, 0.1) is 13.8 Å². The fourth-order valence-electron chi connectivity index (χ4n) is 2.75. The topological polar surface area (TPSA) is 63.2 Å². The normalized spacial score (nSPS) is 10.3. The first-order valence-electron chi connectivity index (χ1n) is 8.28. The van der Waals surface area contributed by atoms with Crippen LogP contribution in [0.1, 0.15) is 20.9 Å². The van der Waals surface area contributed by atoms with Crippen molar-refractivity contribution in [2.75, 3.05) is 17.7 Å². The second kappa shape index (κ2) is 8.28. The molecule has 138 valence electrons. The van der Waals surface area contributed by atoms with Crippen LogP contribution in [0.25, 0.3) is 11.1 Å². The van der Waals surface area contributed by atoms with E-state index in [9.17, 15) is 4.79 Å². The minimum Gasteiger partial charge on any atom is -0.465 e. The van der Waals surface area contributed by atoms with Crippen LogP contribution in [0.5, 0.6) is 0 Å². The molecular formula is C20H19N3O2S2. The predicted molar refractivity (Wildman–Crippen MR) is 115 cm³/mol. The van der Waals surface area contributed by atoms with E-state index in [1.54, 1.807) is 0 Å². The van der Waals surface area contributed by atoms with Crippen LogP contribution in [-0.2, 0) is 4.74 Å². The third kappa shape index (κ3) is 4.32. The molecule has 27 heavy (non-hydrogen) atoms. The summed E-state index contributed by atoms with van der Waals surface area (Å²) < 4.78 is 5.02. The summed E-state index contributed by atoms with van der Waals surface area (Å²) >= 11 is 6.87. The highest BCUT2D eigenvalue weighted by Crippen LogP contribution is 2.40. The molecule has 2 aromatic heterocycles. The molecule has 0 bridgehead atoms. The van der Waals surface area contributed by atoms with Crippen LogP contribution >= 0.6 is 23.6 Å². The summed E-state index contributed by atoms with van der Waals surface area (Å²) in [6.45, 7) is 3.88. The van der Waals surface area contributed by atoms with Crippen LogP contribution in [-0.4, -0.2) is 23.2 Å². The van der Waals surface area contributed by atoms with E-state index in [0.29, 0.717) is 21.5 Å². The van der Waals surface area contributed by atoms with Crippen molar-refractivity contribution < 1.29 is 9.53 Å². The molecule has 7 heteroatoms. The van der Waals surface area contributed by atoms with Gasteiger partial charge < -0.3 is 15.4 Å². The van der Waals surface area contributed by atoms with E-state index in [-0.39, 0.29) is 0 Å². The van der Waals surface area contributed by atoms with Crippen LogP contribution < -0.4 is 10.6 Å². The maximum Gasteiger partial charge on any atom is 0.341 e. The van der Waals surface area contributed by atoms with Crippen molar-refractivity contribution in [3.8, 4) is 11.1 Å². The fraction of sp³-hybridized carbons (Fsp3) is 0.150. The molecule has 0 aliphatic rings. The van der Waals surface area contributed by atoms with Crippen LogP contribution in [0.3, 0.4) is 0 Å². The molecule has 1 aromatic carbocycles. The number of thiophene rings is 1. The first-order valence-corrected chi connectivity index (χ1v) is 9.51.